The van der Waals surface area contributed by atoms with E-state index in [0.29, 0.717) is 47.7 Å². The monoisotopic (exact) mass is 336 g/mol. The molecule has 5 rings (SSSR count). The minimum atomic E-state index is -0.111. The molecule has 1 spiro atoms. The number of amides is 1. The number of carbonyl (C=O) groups is 1. The summed E-state index contributed by atoms with van der Waals surface area (Å²) in [6.45, 7) is 1.05. The van der Waals surface area contributed by atoms with Gasteiger partial charge in [0.25, 0.3) is 5.56 Å². The summed E-state index contributed by atoms with van der Waals surface area (Å²) in [4.78, 5) is 38.8. The summed E-state index contributed by atoms with van der Waals surface area (Å²) < 4.78 is 0. The predicted octanol–water partition coefficient (Wildman–Crippen LogP) is 1.91. The van der Waals surface area contributed by atoms with E-state index in [1.165, 1.54) is 19.3 Å². The average Bonchev–Trinajstić information content (AvgIpc) is 3.38. The highest BCUT2D eigenvalue weighted by molar-refractivity contribution is 5.83. The van der Waals surface area contributed by atoms with E-state index in [2.05, 4.69) is 15.0 Å². The van der Waals surface area contributed by atoms with E-state index in [1.807, 2.05) is 23.1 Å². The molecule has 1 unspecified atom stereocenters. The predicted molar refractivity (Wildman–Crippen MR) is 91.6 cm³/mol. The topological polar surface area (TPSA) is 79.0 Å². The van der Waals surface area contributed by atoms with Crippen LogP contribution < -0.4 is 5.56 Å². The van der Waals surface area contributed by atoms with Crippen LogP contribution in [0.3, 0.4) is 0 Å². The van der Waals surface area contributed by atoms with E-state index < -0.39 is 0 Å². The molecule has 2 aromatic rings. The number of hydrogen-bond acceptors (Lipinski definition) is 4. The molecule has 2 saturated carbocycles. The van der Waals surface area contributed by atoms with Crippen LogP contribution in [-0.4, -0.2) is 32.3 Å². The second kappa shape index (κ2) is 5.25. The number of nitrogens with one attached hydrogen (secondary N) is 1. The van der Waals surface area contributed by atoms with E-state index in [1.54, 1.807) is 6.20 Å². The summed E-state index contributed by atoms with van der Waals surface area (Å²) in [7, 11) is 0. The number of H-pyrrole nitrogens is 1. The van der Waals surface area contributed by atoms with Gasteiger partial charge in [-0.15, -0.1) is 0 Å². The normalized spacial score (nSPS) is 23.0. The summed E-state index contributed by atoms with van der Waals surface area (Å²) in [6.07, 6.45) is 6.97. The van der Waals surface area contributed by atoms with E-state index in [9.17, 15) is 9.59 Å². The summed E-state index contributed by atoms with van der Waals surface area (Å²) in [5, 5.41) is 0. The molecule has 1 N–H and O–H groups in total. The van der Waals surface area contributed by atoms with E-state index >= 15 is 0 Å². The van der Waals surface area contributed by atoms with Crippen LogP contribution in [0.4, 0.5) is 0 Å². The number of hydrogen-bond donors (Lipinski definition) is 1. The van der Waals surface area contributed by atoms with Crippen molar-refractivity contribution in [3.63, 3.8) is 0 Å². The van der Waals surface area contributed by atoms with Gasteiger partial charge in [0.05, 0.1) is 12.2 Å². The lowest BCUT2D eigenvalue weighted by atomic mass is 9.79. The largest absolute Gasteiger partial charge is 0.336 e. The number of rotatable bonds is 2. The Morgan fingerprint density at radius 2 is 2.20 bits per heavy atom. The standard InChI is InChI=1S/C19H20N4O2/c24-17-12-5-9-23(18(25)13-10-19(13)6-3-7-19)11-15(12)21-16(22-17)14-4-1-2-8-20-14/h1-2,4,8,13H,3,5-7,9-11H2,(H,21,22,24). The van der Waals surface area contributed by atoms with Crippen molar-refractivity contribution in [1.82, 2.24) is 19.9 Å². The van der Waals surface area contributed by atoms with Gasteiger partial charge in [0.2, 0.25) is 5.91 Å². The smallest absolute Gasteiger partial charge is 0.254 e. The van der Waals surface area contributed by atoms with Crippen molar-refractivity contribution < 1.29 is 4.79 Å². The molecular weight excluding hydrogens is 316 g/mol. The molecular formula is C19H20N4O2. The second-order valence-electron chi connectivity index (χ2n) is 7.54. The van der Waals surface area contributed by atoms with Crippen LogP contribution >= 0.6 is 0 Å². The first-order valence-corrected chi connectivity index (χ1v) is 8.99. The molecule has 25 heavy (non-hydrogen) atoms. The third-order valence-corrected chi connectivity index (χ3v) is 6.13. The van der Waals surface area contributed by atoms with Crippen LogP contribution in [0, 0.1) is 11.3 Å². The molecule has 0 aromatic carbocycles. The van der Waals surface area contributed by atoms with Crippen LogP contribution in [-0.2, 0) is 17.8 Å². The van der Waals surface area contributed by atoms with Crippen molar-refractivity contribution >= 4 is 5.91 Å². The first-order valence-electron chi connectivity index (χ1n) is 8.99. The Morgan fingerprint density at radius 3 is 2.88 bits per heavy atom. The van der Waals surface area contributed by atoms with Gasteiger partial charge >= 0.3 is 0 Å². The Bertz CT molecular complexity index is 901. The Labute approximate surface area is 145 Å². The second-order valence-corrected chi connectivity index (χ2v) is 7.54. The molecule has 2 fully saturated rings. The van der Waals surface area contributed by atoms with Gasteiger partial charge in [-0.2, -0.15) is 0 Å². The van der Waals surface area contributed by atoms with Crippen molar-refractivity contribution in [1.29, 1.82) is 0 Å². The molecule has 1 amide bonds. The first kappa shape index (κ1) is 14.8. The number of nitrogens with zero attached hydrogens (tertiary/aromatic N) is 3. The highest BCUT2D eigenvalue weighted by atomic mass is 16.2. The van der Waals surface area contributed by atoms with Crippen LogP contribution in [0.5, 0.6) is 0 Å². The third-order valence-electron chi connectivity index (χ3n) is 6.13. The summed E-state index contributed by atoms with van der Waals surface area (Å²) >= 11 is 0. The van der Waals surface area contributed by atoms with Gasteiger partial charge in [-0.25, -0.2) is 4.98 Å². The Balaban J connectivity index is 1.42. The highest BCUT2D eigenvalue weighted by Gasteiger charge is 2.61. The van der Waals surface area contributed by atoms with Crippen LogP contribution in [0.15, 0.2) is 29.2 Å². The zero-order valence-corrected chi connectivity index (χ0v) is 14.0. The zero-order chi connectivity index (χ0) is 17.0. The lowest BCUT2D eigenvalue weighted by Gasteiger charge is -2.31. The molecule has 128 valence electrons. The minimum Gasteiger partial charge on any atom is -0.336 e. The molecule has 6 heteroatoms. The van der Waals surface area contributed by atoms with Crippen molar-refractivity contribution in [2.24, 2.45) is 11.3 Å². The SMILES string of the molecule is O=C(C1CC12CCC2)N1CCc2c(nc(-c3ccccn3)[nH]c2=O)C1. The fourth-order valence-electron chi connectivity index (χ4n) is 4.35. The molecule has 2 aromatic heterocycles. The number of aromatic amines is 1. The van der Waals surface area contributed by atoms with Gasteiger partial charge < -0.3 is 9.88 Å². The molecule has 6 nitrogen and oxygen atoms in total. The van der Waals surface area contributed by atoms with Crippen LogP contribution in [0.25, 0.3) is 11.5 Å². The van der Waals surface area contributed by atoms with Gasteiger partial charge in [-0.3, -0.25) is 14.6 Å². The van der Waals surface area contributed by atoms with Gasteiger partial charge in [-0.05, 0) is 43.2 Å². The summed E-state index contributed by atoms with van der Waals surface area (Å²) in [5.74, 6) is 0.937. The molecule has 3 aliphatic rings. The minimum absolute atomic E-state index is 0.111. The average molecular weight is 336 g/mol. The number of fused-ring (bicyclic) bond motifs is 1. The number of pyridine rings is 1. The van der Waals surface area contributed by atoms with Crippen molar-refractivity contribution in [2.45, 2.75) is 38.6 Å². The van der Waals surface area contributed by atoms with Gasteiger partial charge in [0.15, 0.2) is 5.82 Å². The van der Waals surface area contributed by atoms with Gasteiger partial charge in [-0.1, -0.05) is 12.5 Å². The van der Waals surface area contributed by atoms with E-state index in [-0.39, 0.29) is 17.4 Å². The van der Waals surface area contributed by atoms with Crippen molar-refractivity contribution in [2.75, 3.05) is 6.54 Å². The lowest BCUT2D eigenvalue weighted by Crippen LogP contribution is -2.41. The fraction of sp³-hybridized carbons (Fsp3) is 0.474. The zero-order valence-electron chi connectivity index (χ0n) is 14.0. The van der Waals surface area contributed by atoms with Crippen molar-refractivity contribution in [3.05, 3.63) is 46.0 Å². The Morgan fingerprint density at radius 1 is 1.32 bits per heavy atom. The van der Waals surface area contributed by atoms with Crippen LogP contribution in [0.2, 0.25) is 0 Å². The van der Waals surface area contributed by atoms with Gasteiger partial charge in [0.1, 0.15) is 5.69 Å². The Kier molecular flexibility index (Phi) is 3.11. The summed E-state index contributed by atoms with van der Waals surface area (Å²) in [5.41, 5.74) is 2.28. The molecule has 0 bridgehead atoms. The lowest BCUT2D eigenvalue weighted by molar-refractivity contribution is -0.135. The quantitative estimate of drug-likeness (QED) is 0.908. The van der Waals surface area contributed by atoms with E-state index in [4.69, 9.17) is 0 Å². The molecule has 2 aliphatic carbocycles. The maximum Gasteiger partial charge on any atom is 0.254 e. The summed E-state index contributed by atoms with van der Waals surface area (Å²) in [6, 6.07) is 5.51. The molecule has 0 radical (unpaired) electrons. The maximum atomic E-state index is 12.8. The maximum absolute atomic E-state index is 12.8. The first-order chi connectivity index (χ1) is 12.2. The van der Waals surface area contributed by atoms with E-state index in [0.717, 1.165) is 6.42 Å². The molecule has 0 saturated heterocycles. The van der Waals surface area contributed by atoms with Gasteiger partial charge in [0, 0.05) is 24.2 Å². The van der Waals surface area contributed by atoms with Crippen molar-refractivity contribution in [3.8, 4) is 11.5 Å². The highest BCUT2D eigenvalue weighted by Crippen LogP contribution is 2.66. The van der Waals surface area contributed by atoms with Crippen LogP contribution in [0.1, 0.15) is 36.9 Å². The number of carbonyl (C=O) groups excluding carboxylic acids is 1. The molecule has 1 atom stereocenters. The fourth-order valence-corrected chi connectivity index (χ4v) is 4.35. The number of aromatic nitrogens is 3. The molecule has 1 aliphatic heterocycles. The Hall–Kier alpha value is -2.50. The molecule has 3 heterocycles. The third kappa shape index (κ3) is 2.31.